The highest BCUT2D eigenvalue weighted by atomic mass is 32.2. The maximum Gasteiger partial charge on any atom is 0.227 e. The predicted octanol–water partition coefficient (Wildman–Crippen LogP) is 3.89. The maximum atomic E-state index is 12.7. The molecule has 1 N–H and O–H groups in total. The Kier molecular flexibility index (Phi) is 4.21. The van der Waals surface area contributed by atoms with Crippen LogP contribution in [0.5, 0.6) is 0 Å². The van der Waals surface area contributed by atoms with E-state index in [9.17, 15) is 4.79 Å². The maximum absolute atomic E-state index is 12.7. The highest BCUT2D eigenvalue weighted by Gasteiger charge is 2.36. The Morgan fingerprint density at radius 1 is 1.36 bits per heavy atom. The van der Waals surface area contributed by atoms with E-state index in [-0.39, 0.29) is 11.8 Å². The monoisotopic (exact) mass is 352 g/mol. The molecule has 1 aliphatic heterocycles. The van der Waals surface area contributed by atoms with Gasteiger partial charge < -0.3 is 5.32 Å². The highest BCUT2D eigenvalue weighted by molar-refractivity contribution is 7.99. The Bertz CT molecular complexity index is 866. The standard InChI is InChI=1S/C19H20N4OS/c1-3-11-25-19-21-18-20-14-5-4-6-15(24)16(14)17(23(18)22-19)13-9-7-12(2)8-10-13/h3,7-10,17H,1,4-6,11H2,2H3,(H,20,21,22). The summed E-state index contributed by atoms with van der Waals surface area (Å²) in [5.74, 6) is 1.68. The lowest BCUT2D eigenvalue weighted by Crippen LogP contribution is -2.31. The fourth-order valence-electron chi connectivity index (χ4n) is 3.39. The molecule has 0 bridgehead atoms. The molecule has 1 aromatic heterocycles. The fraction of sp³-hybridized carbons (Fsp3) is 0.316. The minimum Gasteiger partial charge on any atom is -0.328 e. The number of aryl methyl sites for hydroxylation is 1. The topological polar surface area (TPSA) is 59.8 Å². The number of thioether (sulfide) groups is 1. The molecule has 0 saturated carbocycles. The average Bonchev–Trinajstić information content (AvgIpc) is 3.01. The third kappa shape index (κ3) is 2.91. The molecule has 2 aliphatic rings. The Hall–Kier alpha value is -2.34. The Labute approximate surface area is 151 Å². The number of carbonyl (C=O) groups is 1. The molecule has 1 aromatic carbocycles. The van der Waals surface area contributed by atoms with Gasteiger partial charge in [-0.15, -0.1) is 11.7 Å². The van der Waals surface area contributed by atoms with E-state index in [1.807, 2.05) is 10.8 Å². The minimum absolute atomic E-state index is 0.203. The van der Waals surface area contributed by atoms with E-state index in [0.717, 1.165) is 35.4 Å². The number of anilines is 1. The van der Waals surface area contributed by atoms with Crippen molar-refractivity contribution in [3.8, 4) is 0 Å². The zero-order valence-corrected chi connectivity index (χ0v) is 15.0. The lowest BCUT2D eigenvalue weighted by atomic mass is 9.85. The lowest BCUT2D eigenvalue weighted by Gasteiger charge is -2.32. The molecule has 0 fully saturated rings. The van der Waals surface area contributed by atoms with Gasteiger partial charge in [-0.2, -0.15) is 4.98 Å². The summed E-state index contributed by atoms with van der Waals surface area (Å²) >= 11 is 1.54. The number of hydrogen-bond donors (Lipinski definition) is 1. The first-order valence-electron chi connectivity index (χ1n) is 8.47. The number of rotatable bonds is 4. The van der Waals surface area contributed by atoms with E-state index in [1.165, 1.54) is 5.56 Å². The zero-order valence-electron chi connectivity index (χ0n) is 14.2. The quantitative estimate of drug-likeness (QED) is 0.668. The van der Waals surface area contributed by atoms with Gasteiger partial charge in [-0.3, -0.25) is 4.79 Å². The van der Waals surface area contributed by atoms with Crippen molar-refractivity contribution in [2.24, 2.45) is 0 Å². The molecule has 2 heterocycles. The third-order valence-corrected chi connectivity index (χ3v) is 5.41. The summed E-state index contributed by atoms with van der Waals surface area (Å²) in [6.07, 6.45) is 4.20. The molecule has 1 aliphatic carbocycles. The van der Waals surface area contributed by atoms with Crippen molar-refractivity contribution in [2.45, 2.75) is 37.4 Å². The van der Waals surface area contributed by atoms with E-state index in [1.54, 1.807) is 11.8 Å². The number of nitrogens with zero attached hydrogens (tertiary/aromatic N) is 3. The van der Waals surface area contributed by atoms with Crippen LogP contribution in [-0.2, 0) is 4.79 Å². The first kappa shape index (κ1) is 16.1. The van der Waals surface area contributed by atoms with Gasteiger partial charge in [0, 0.05) is 23.4 Å². The van der Waals surface area contributed by atoms with Crippen molar-refractivity contribution in [3.05, 3.63) is 59.3 Å². The van der Waals surface area contributed by atoms with E-state index in [4.69, 9.17) is 0 Å². The molecule has 128 valence electrons. The number of fused-ring (bicyclic) bond motifs is 1. The van der Waals surface area contributed by atoms with Gasteiger partial charge in [-0.25, -0.2) is 4.68 Å². The molecule has 0 spiro atoms. The average molecular weight is 352 g/mol. The van der Waals surface area contributed by atoms with Crippen molar-refractivity contribution < 1.29 is 4.79 Å². The van der Waals surface area contributed by atoms with E-state index < -0.39 is 0 Å². The number of ketones is 1. The van der Waals surface area contributed by atoms with Gasteiger partial charge in [-0.1, -0.05) is 47.7 Å². The van der Waals surface area contributed by atoms with E-state index >= 15 is 0 Å². The van der Waals surface area contributed by atoms with Gasteiger partial charge in [0.2, 0.25) is 11.1 Å². The molecule has 0 radical (unpaired) electrons. The summed E-state index contributed by atoms with van der Waals surface area (Å²) in [6.45, 7) is 5.81. The summed E-state index contributed by atoms with van der Waals surface area (Å²) in [4.78, 5) is 17.3. The normalized spacial score (nSPS) is 19.2. The number of hydrogen-bond acceptors (Lipinski definition) is 5. The Morgan fingerprint density at radius 2 is 2.16 bits per heavy atom. The van der Waals surface area contributed by atoms with Gasteiger partial charge in [0.25, 0.3) is 0 Å². The van der Waals surface area contributed by atoms with Crippen LogP contribution in [0.2, 0.25) is 0 Å². The van der Waals surface area contributed by atoms with E-state index in [0.29, 0.717) is 17.5 Å². The van der Waals surface area contributed by atoms with Crippen molar-refractivity contribution in [2.75, 3.05) is 11.1 Å². The first-order valence-corrected chi connectivity index (χ1v) is 9.46. The Morgan fingerprint density at radius 3 is 2.92 bits per heavy atom. The highest BCUT2D eigenvalue weighted by Crippen LogP contribution is 2.40. The summed E-state index contributed by atoms with van der Waals surface area (Å²) < 4.78 is 1.86. The third-order valence-electron chi connectivity index (χ3n) is 4.57. The SMILES string of the molecule is C=CCSc1nc2n(n1)C(c1ccc(C)cc1)C1=C(CCCC1=O)N2. The second-order valence-electron chi connectivity index (χ2n) is 6.37. The first-order chi connectivity index (χ1) is 12.2. The molecule has 4 rings (SSSR count). The van der Waals surface area contributed by atoms with Gasteiger partial charge >= 0.3 is 0 Å². The molecule has 1 unspecified atom stereocenters. The lowest BCUT2D eigenvalue weighted by molar-refractivity contribution is -0.116. The second-order valence-corrected chi connectivity index (χ2v) is 7.36. The zero-order chi connectivity index (χ0) is 17.4. The van der Waals surface area contributed by atoms with Gasteiger partial charge in [0.05, 0.1) is 0 Å². The van der Waals surface area contributed by atoms with Gasteiger partial charge in [-0.05, 0) is 25.3 Å². The van der Waals surface area contributed by atoms with Crippen LogP contribution in [0, 0.1) is 6.92 Å². The van der Waals surface area contributed by atoms with Crippen LogP contribution < -0.4 is 5.32 Å². The number of nitrogens with one attached hydrogen (secondary N) is 1. The van der Waals surface area contributed by atoms with Gasteiger partial charge in [0.1, 0.15) is 6.04 Å². The number of benzene rings is 1. The van der Waals surface area contributed by atoms with Crippen LogP contribution in [0.25, 0.3) is 0 Å². The molecule has 1 atom stereocenters. The summed E-state index contributed by atoms with van der Waals surface area (Å²) in [7, 11) is 0. The number of carbonyl (C=O) groups excluding carboxylic acids is 1. The molecule has 0 saturated heterocycles. The van der Waals surface area contributed by atoms with Gasteiger partial charge in [0.15, 0.2) is 5.78 Å². The largest absolute Gasteiger partial charge is 0.328 e. The van der Waals surface area contributed by atoms with Crippen LogP contribution in [0.3, 0.4) is 0 Å². The molecule has 0 amide bonds. The number of Topliss-reactive ketones (excluding diaryl/α,β-unsaturated/α-hetero) is 1. The Balaban J connectivity index is 1.83. The second kappa shape index (κ2) is 6.52. The summed E-state index contributed by atoms with van der Waals surface area (Å²) in [5.41, 5.74) is 4.11. The number of aromatic nitrogens is 3. The summed E-state index contributed by atoms with van der Waals surface area (Å²) in [5, 5.41) is 8.71. The van der Waals surface area contributed by atoms with Crippen LogP contribution >= 0.6 is 11.8 Å². The van der Waals surface area contributed by atoms with Crippen molar-refractivity contribution in [3.63, 3.8) is 0 Å². The molecular weight excluding hydrogens is 332 g/mol. The minimum atomic E-state index is -0.203. The molecular formula is C19H20N4OS. The molecule has 2 aromatic rings. The smallest absolute Gasteiger partial charge is 0.227 e. The van der Waals surface area contributed by atoms with Crippen LogP contribution in [0.1, 0.15) is 36.4 Å². The number of allylic oxidation sites excluding steroid dienone is 2. The van der Waals surface area contributed by atoms with E-state index in [2.05, 4.69) is 53.2 Å². The van der Waals surface area contributed by atoms with Crippen molar-refractivity contribution in [1.82, 2.24) is 14.8 Å². The molecule has 25 heavy (non-hydrogen) atoms. The van der Waals surface area contributed by atoms with Crippen LogP contribution in [0.15, 0.2) is 53.3 Å². The molecule has 5 nitrogen and oxygen atoms in total. The predicted molar refractivity (Wildman–Crippen MR) is 99.8 cm³/mol. The van der Waals surface area contributed by atoms with Crippen LogP contribution in [0.4, 0.5) is 5.95 Å². The van der Waals surface area contributed by atoms with Crippen molar-refractivity contribution >= 4 is 23.5 Å². The van der Waals surface area contributed by atoms with Crippen LogP contribution in [-0.4, -0.2) is 26.3 Å². The van der Waals surface area contributed by atoms with Crippen molar-refractivity contribution in [1.29, 1.82) is 0 Å². The fourth-order valence-corrected chi connectivity index (χ4v) is 3.95. The molecule has 6 heteroatoms. The summed E-state index contributed by atoms with van der Waals surface area (Å²) in [6, 6.07) is 8.12.